The zero-order valence-electron chi connectivity index (χ0n) is 23.7. The molecule has 3 nitrogen and oxygen atoms in total. The number of hydrogen-bond donors (Lipinski definition) is 0. The van der Waals surface area contributed by atoms with E-state index in [0.717, 1.165) is 12.8 Å². The SMILES string of the molecule is [2H]C([2H])([2H])c1ccc2c(c1)oc1c(-c3cc(C([2H])([2H])[2H])c(C([2H])([2H])C4CCCC4)cn3)ccc(C#N)c12. The van der Waals surface area contributed by atoms with Crippen LogP contribution in [0.15, 0.2) is 47.0 Å². The fourth-order valence-electron chi connectivity index (χ4n) is 4.18. The number of fused-ring (bicyclic) bond motifs is 3. The van der Waals surface area contributed by atoms with Crippen LogP contribution in [-0.4, -0.2) is 4.98 Å². The number of aromatic nitrogens is 1. The highest BCUT2D eigenvalue weighted by Gasteiger charge is 2.19. The van der Waals surface area contributed by atoms with E-state index in [4.69, 9.17) is 15.4 Å². The number of nitriles is 1. The van der Waals surface area contributed by atoms with Crippen molar-refractivity contribution in [2.75, 3.05) is 0 Å². The van der Waals surface area contributed by atoms with Gasteiger partial charge in [-0.25, -0.2) is 0 Å². The Hall–Kier alpha value is -3.12. The second-order valence-electron chi connectivity index (χ2n) is 7.53. The Balaban J connectivity index is 1.73. The van der Waals surface area contributed by atoms with Gasteiger partial charge in [0.1, 0.15) is 11.2 Å². The quantitative estimate of drug-likeness (QED) is 0.385. The van der Waals surface area contributed by atoms with Crippen LogP contribution in [0.5, 0.6) is 0 Å². The van der Waals surface area contributed by atoms with Gasteiger partial charge in [0.15, 0.2) is 0 Å². The molecule has 3 heteroatoms. The van der Waals surface area contributed by atoms with Gasteiger partial charge in [0.05, 0.1) is 17.3 Å². The van der Waals surface area contributed by atoms with Gasteiger partial charge in [-0.3, -0.25) is 4.98 Å². The first kappa shape index (κ1) is 11.2. The lowest BCUT2D eigenvalue weighted by atomic mass is 9.95. The van der Waals surface area contributed by atoms with E-state index < -0.39 is 20.1 Å². The molecule has 4 aromatic rings. The van der Waals surface area contributed by atoms with Crippen LogP contribution in [-0.2, 0) is 6.37 Å². The van der Waals surface area contributed by atoms with Gasteiger partial charge in [0, 0.05) is 33.5 Å². The van der Waals surface area contributed by atoms with Crippen LogP contribution in [0.4, 0.5) is 0 Å². The van der Waals surface area contributed by atoms with Gasteiger partial charge in [-0.05, 0) is 67.0 Å². The molecule has 0 radical (unpaired) electrons. The Morgan fingerprint density at radius 3 is 2.90 bits per heavy atom. The van der Waals surface area contributed by atoms with E-state index >= 15 is 0 Å². The van der Waals surface area contributed by atoms with Gasteiger partial charge in [0.25, 0.3) is 0 Å². The minimum atomic E-state index is -2.58. The second kappa shape index (κ2) is 7.04. The highest BCUT2D eigenvalue weighted by atomic mass is 16.3. The van der Waals surface area contributed by atoms with E-state index in [2.05, 4.69) is 11.1 Å². The van der Waals surface area contributed by atoms with Gasteiger partial charge in [-0.15, -0.1) is 0 Å². The lowest BCUT2D eigenvalue weighted by molar-refractivity contribution is 0.544. The molecule has 0 N–H and O–H groups in total. The van der Waals surface area contributed by atoms with Gasteiger partial charge in [0.2, 0.25) is 0 Å². The summed E-state index contributed by atoms with van der Waals surface area (Å²) in [4.78, 5) is 4.47. The lowest BCUT2D eigenvalue weighted by Gasteiger charge is -2.12. The highest BCUT2D eigenvalue weighted by Crippen LogP contribution is 2.38. The van der Waals surface area contributed by atoms with Crippen molar-refractivity contribution < 1.29 is 15.4 Å². The summed E-state index contributed by atoms with van der Waals surface area (Å²) in [7, 11) is 0. The number of furan rings is 1. The molecule has 1 aliphatic carbocycles. The van der Waals surface area contributed by atoms with E-state index in [-0.39, 0.29) is 39.5 Å². The van der Waals surface area contributed by atoms with Crippen LogP contribution in [0.2, 0.25) is 0 Å². The monoisotopic (exact) mass is 388 g/mol. The molecule has 2 heterocycles. The molecule has 0 aliphatic heterocycles. The van der Waals surface area contributed by atoms with Crippen LogP contribution < -0.4 is 0 Å². The molecule has 0 unspecified atom stereocenters. The van der Waals surface area contributed by atoms with Crippen LogP contribution in [0.25, 0.3) is 33.2 Å². The van der Waals surface area contributed by atoms with Crippen molar-refractivity contribution in [2.24, 2.45) is 5.92 Å². The van der Waals surface area contributed by atoms with Gasteiger partial charge in [-0.2, -0.15) is 5.26 Å². The van der Waals surface area contributed by atoms with Gasteiger partial charge < -0.3 is 4.42 Å². The van der Waals surface area contributed by atoms with Gasteiger partial charge >= 0.3 is 0 Å². The number of nitrogens with zero attached hydrogens (tertiary/aromatic N) is 2. The molecular weight excluding hydrogens is 356 g/mol. The fourth-order valence-corrected chi connectivity index (χ4v) is 4.18. The molecular formula is C26H24N2O. The first-order valence-electron chi connectivity index (χ1n) is 13.7. The summed E-state index contributed by atoms with van der Waals surface area (Å²) >= 11 is 0. The maximum Gasteiger partial charge on any atom is 0.146 e. The second-order valence-corrected chi connectivity index (χ2v) is 7.53. The summed E-state index contributed by atoms with van der Waals surface area (Å²) < 4.78 is 71.1. The molecule has 1 saturated carbocycles. The summed E-state index contributed by atoms with van der Waals surface area (Å²) in [6.45, 7) is -4.91. The Kier molecular flexibility index (Phi) is 2.71. The first-order valence-corrected chi connectivity index (χ1v) is 9.73. The van der Waals surface area contributed by atoms with E-state index in [0.29, 0.717) is 34.7 Å². The molecule has 2 aromatic carbocycles. The normalized spacial score (nSPS) is 20.1. The number of rotatable bonds is 3. The van der Waals surface area contributed by atoms with Crippen molar-refractivity contribution in [3.63, 3.8) is 0 Å². The van der Waals surface area contributed by atoms with Crippen LogP contribution in [0.3, 0.4) is 0 Å². The summed E-state index contributed by atoms with van der Waals surface area (Å²) in [5, 5.41) is 10.8. The number of pyridine rings is 1. The summed E-state index contributed by atoms with van der Waals surface area (Å²) in [6.07, 6.45) is 2.70. The molecule has 1 fully saturated rings. The average molecular weight is 389 g/mol. The molecule has 5 rings (SSSR count). The number of hydrogen-bond acceptors (Lipinski definition) is 3. The first-order chi connectivity index (χ1) is 17.3. The average Bonchev–Trinajstić information content (AvgIpc) is 3.50. The molecule has 0 spiro atoms. The Morgan fingerprint density at radius 2 is 2.10 bits per heavy atom. The van der Waals surface area contributed by atoms with Crippen molar-refractivity contribution in [3.8, 4) is 17.3 Å². The molecule has 1 aliphatic rings. The largest absolute Gasteiger partial charge is 0.455 e. The van der Waals surface area contributed by atoms with E-state index in [9.17, 15) is 5.26 Å². The van der Waals surface area contributed by atoms with Crippen molar-refractivity contribution in [1.82, 2.24) is 4.98 Å². The summed E-state index contributed by atoms with van der Waals surface area (Å²) in [5.41, 5.74) is 1.66. The smallest absolute Gasteiger partial charge is 0.146 e. The zero-order chi connectivity index (χ0) is 26.8. The molecule has 29 heavy (non-hydrogen) atoms. The highest BCUT2D eigenvalue weighted by molar-refractivity contribution is 6.12. The predicted octanol–water partition coefficient (Wildman–Crippen LogP) is 6.87. The predicted molar refractivity (Wildman–Crippen MR) is 117 cm³/mol. The van der Waals surface area contributed by atoms with Crippen molar-refractivity contribution >= 4 is 21.9 Å². The third-order valence-electron chi connectivity index (χ3n) is 5.64. The minimum absolute atomic E-state index is 0.0694. The molecule has 0 amide bonds. The van der Waals surface area contributed by atoms with Crippen LogP contribution >= 0.6 is 0 Å². The number of benzene rings is 2. The maximum absolute atomic E-state index is 9.73. The third-order valence-corrected chi connectivity index (χ3v) is 5.64. The standard InChI is InChI=1S/C26H24N2O/c1-16-7-9-22-24(11-16)29-26-21(10-8-19(14-27)25(22)26)23-12-17(2)20(15-28-23)13-18-5-3-4-6-18/h7-12,15,18H,3-6,13H2,1-2H3/i1D3,2D3,13D2. The van der Waals surface area contributed by atoms with E-state index in [1.165, 1.54) is 24.4 Å². The zero-order valence-corrected chi connectivity index (χ0v) is 15.7. The maximum atomic E-state index is 9.73. The minimum Gasteiger partial charge on any atom is -0.455 e. The molecule has 144 valence electrons. The Morgan fingerprint density at radius 1 is 1.21 bits per heavy atom. The van der Waals surface area contributed by atoms with Crippen molar-refractivity contribution in [3.05, 3.63) is 64.8 Å². The summed E-state index contributed by atoms with van der Waals surface area (Å²) in [5.74, 6) is -0.273. The van der Waals surface area contributed by atoms with E-state index in [1.54, 1.807) is 18.2 Å². The molecule has 0 atom stereocenters. The van der Waals surface area contributed by atoms with Crippen LogP contribution in [0, 0.1) is 31.0 Å². The van der Waals surface area contributed by atoms with Crippen LogP contribution in [0.1, 0.15) is 58.9 Å². The molecule has 0 bridgehead atoms. The lowest BCUT2D eigenvalue weighted by Crippen LogP contribution is -2.02. The summed E-state index contributed by atoms with van der Waals surface area (Å²) in [6, 6.07) is 11.2. The fraction of sp³-hybridized carbons (Fsp3) is 0.308. The molecule has 2 aromatic heterocycles. The Labute approximate surface area is 182 Å². The van der Waals surface area contributed by atoms with Gasteiger partial charge in [-0.1, -0.05) is 37.8 Å². The molecule has 0 saturated heterocycles. The third kappa shape index (κ3) is 3.09. The Bertz CT molecular complexity index is 1550. The topological polar surface area (TPSA) is 49.8 Å². The number of aryl methyl sites for hydroxylation is 2. The van der Waals surface area contributed by atoms with Crippen molar-refractivity contribution in [2.45, 2.75) is 45.8 Å². The van der Waals surface area contributed by atoms with Crippen molar-refractivity contribution in [1.29, 1.82) is 5.26 Å². The van der Waals surface area contributed by atoms with E-state index in [1.807, 2.05) is 0 Å².